The highest BCUT2D eigenvalue weighted by Crippen LogP contribution is 2.39. The molecule has 4 rings (SSSR count). The van der Waals surface area contributed by atoms with Crippen LogP contribution in [0.5, 0.6) is 0 Å². The van der Waals surface area contributed by atoms with Crippen LogP contribution in [-0.4, -0.2) is 77.1 Å². The fourth-order valence-electron chi connectivity index (χ4n) is 4.86. The van der Waals surface area contributed by atoms with Crippen molar-refractivity contribution in [3.05, 3.63) is 46.6 Å². The highest BCUT2D eigenvalue weighted by molar-refractivity contribution is 5.75. The molecule has 2 unspecified atom stereocenters. The van der Waals surface area contributed by atoms with Gasteiger partial charge >= 0.3 is 12.2 Å². The number of likely N-dealkylation sites (tertiary alicyclic amines) is 2. The number of nitrogens with zero attached hydrogens (tertiary/aromatic N) is 4. The van der Waals surface area contributed by atoms with Gasteiger partial charge in [-0.1, -0.05) is 17.3 Å². The number of aromatic nitrogens is 2. The Labute approximate surface area is 202 Å². The Morgan fingerprint density at radius 1 is 1.20 bits per heavy atom. The number of hydrogen-bond donors (Lipinski definition) is 1. The first-order chi connectivity index (χ1) is 16.7. The van der Waals surface area contributed by atoms with Crippen LogP contribution >= 0.6 is 0 Å². The minimum atomic E-state index is -4.46. The van der Waals surface area contributed by atoms with Crippen molar-refractivity contribution in [3.8, 4) is 0 Å². The van der Waals surface area contributed by atoms with Crippen LogP contribution in [0.15, 0.2) is 22.7 Å². The van der Waals surface area contributed by atoms with Gasteiger partial charge in [0.15, 0.2) is 5.82 Å². The predicted octanol–water partition coefficient (Wildman–Crippen LogP) is 3.74. The molecule has 2 amide bonds. The lowest BCUT2D eigenvalue weighted by Crippen LogP contribution is -2.51. The lowest BCUT2D eigenvalue weighted by atomic mass is 9.83. The second-order valence-electron chi connectivity index (χ2n) is 9.40. The van der Waals surface area contributed by atoms with Crippen LogP contribution in [-0.2, 0) is 17.3 Å². The number of methoxy groups -OCH3 is 1. The molecular weight excluding hydrogens is 465 g/mol. The quantitative estimate of drug-likeness (QED) is 0.678. The van der Waals surface area contributed by atoms with Crippen molar-refractivity contribution >= 4 is 6.03 Å². The molecule has 2 fully saturated rings. The SMILES string of the molecule is COCCc1noc(C2CC(c3ccc(C)c(C(F)(F)F)c3)CN(C(=O)N3CCC(O)CC3)C2)n1. The second kappa shape index (κ2) is 10.5. The van der Waals surface area contributed by atoms with Gasteiger partial charge in [0, 0.05) is 45.6 Å². The number of halogens is 3. The van der Waals surface area contributed by atoms with Gasteiger partial charge in [-0.3, -0.25) is 0 Å². The van der Waals surface area contributed by atoms with Crippen molar-refractivity contribution in [1.82, 2.24) is 19.9 Å². The van der Waals surface area contributed by atoms with Gasteiger partial charge in [0.25, 0.3) is 0 Å². The molecule has 1 aromatic heterocycles. The zero-order valence-electron chi connectivity index (χ0n) is 19.9. The van der Waals surface area contributed by atoms with E-state index in [1.807, 2.05) is 0 Å². The lowest BCUT2D eigenvalue weighted by Gasteiger charge is -2.40. The van der Waals surface area contributed by atoms with Crippen LogP contribution in [0.4, 0.5) is 18.0 Å². The molecular formula is C24H31F3N4O4. The molecule has 0 aliphatic carbocycles. The Bertz CT molecular complexity index is 1020. The topological polar surface area (TPSA) is 91.9 Å². The van der Waals surface area contributed by atoms with Crippen molar-refractivity contribution < 1.29 is 32.3 Å². The molecule has 3 heterocycles. The van der Waals surface area contributed by atoms with Crippen molar-refractivity contribution in [1.29, 1.82) is 0 Å². The number of alkyl halides is 3. The maximum absolute atomic E-state index is 13.6. The molecule has 2 aliphatic heterocycles. The number of benzene rings is 1. The number of aliphatic hydroxyl groups excluding tert-OH is 1. The summed E-state index contributed by atoms with van der Waals surface area (Å²) in [4.78, 5) is 21.2. The molecule has 11 heteroatoms. The van der Waals surface area contributed by atoms with Crippen LogP contribution in [0.25, 0.3) is 0 Å². The molecule has 0 bridgehead atoms. The maximum Gasteiger partial charge on any atom is 0.416 e. The number of aryl methyl sites for hydroxylation is 1. The van der Waals surface area contributed by atoms with Gasteiger partial charge in [-0.2, -0.15) is 18.2 Å². The van der Waals surface area contributed by atoms with Gasteiger partial charge in [-0.25, -0.2) is 4.79 Å². The molecule has 2 aromatic rings. The monoisotopic (exact) mass is 496 g/mol. The Morgan fingerprint density at radius 3 is 2.60 bits per heavy atom. The van der Waals surface area contributed by atoms with Crippen molar-refractivity contribution in [2.75, 3.05) is 39.9 Å². The van der Waals surface area contributed by atoms with Gasteiger partial charge in [-0.05, 0) is 43.4 Å². The van der Waals surface area contributed by atoms with Crippen LogP contribution in [0, 0.1) is 6.92 Å². The molecule has 1 aromatic carbocycles. The van der Waals surface area contributed by atoms with Crippen LogP contribution in [0.3, 0.4) is 0 Å². The molecule has 0 spiro atoms. The smallest absolute Gasteiger partial charge is 0.393 e. The zero-order valence-corrected chi connectivity index (χ0v) is 19.9. The average Bonchev–Trinajstić information content (AvgIpc) is 3.31. The second-order valence-corrected chi connectivity index (χ2v) is 9.40. The van der Waals surface area contributed by atoms with E-state index in [0.717, 1.165) is 0 Å². The van der Waals surface area contributed by atoms with Crippen molar-refractivity contribution in [3.63, 3.8) is 0 Å². The highest BCUT2D eigenvalue weighted by atomic mass is 19.4. The lowest BCUT2D eigenvalue weighted by molar-refractivity contribution is -0.138. The predicted molar refractivity (Wildman–Crippen MR) is 120 cm³/mol. The number of rotatable bonds is 5. The molecule has 0 radical (unpaired) electrons. The van der Waals surface area contributed by atoms with E-state index in [0.29, 0.717) is 75.7 Å². The minimum Gasteiger partial charge on any atom is -0.393 e. The van der Waals surface area contributed by atoms with E-state index in [1.54, 1.807) is 23.0 Å². The van der Waals surface area contributed by atoms with E-state index in [2.05, 4.69) is 10.1 Å². The number of carbonyl (C=O) groups excluding carboxylic acids is 1. The summed E-state index contributed by atoms with van der Waals surface area (Å²) in [5.41, 5.74) is 0.0198. The molecule has 8 nitrogen and oxygen atoms in total. The summed E-state index contributed by atoms with van der Waals surface area (Å²) in [6.07, 6.45) is -2.91. The summed E-state index contributed by atoms with van der Waals surface area (Å²) >= 11 is 0. The Hall–Kier alpha value is -2.66. The molecule has 2 saturated heterocycles. The maximum atomic E-state index is 13.6. The van der Waals surface area contributed by atoms with Gasteiger partial charge in [0.1, 0.15) is 0 Å². The molecule has 1 N–H and O–H groups in total. The number of piperidine rings is 2. The summed E-state index contributed by atoms with van der Waals surface area (Å²) < 4.78 is 51.3. The number of carbonyl (C=O) groups is 1. The number of hydrogen-bond acceptors (Lipinski definition) is 6. The summed E-state index contributed by atoms with van der Waals surface area (Å²) in [5.74, 6) is 0.217. The number of urea groups is 1. The van der Waals surface area contributed by atoms with Gasteiger partial charge in [0.2, 0.25) is 5.89 Å². The molecule has 192 valence electrons. The fraction of sp³-hybridized carbons (Fsp3) is 0.625. The summed E-state index contributed by atoms with van der Waals surface area (Å²) in [5, 5.41) is 13.8. The summed E-state index contributed by atoms with van der Waals surface area (Å²) in [6, 6.07) is 4.19. The average molecular weight is 497 g/mol. The van der Waals surface area contributed by atoms with Crippen LogP contribution in [0.1, 0.15) is 59.5 Å². The van der Waals surface area contributed by atoms with Crippen molar-refractivity contribution in [2.45, 2.75) is 56.7 Å². The summed E-state index contributed by atoms with van der Waals surface area (Å²) in [6.45, 7) is 3.38. The van der Waals surface area contributed by atoms with E-state index in [9.17, 15) is 23.1 Å². The van der Waals surface area contributed by atoms with Gasteiger partial charge < -0.3 is 24.2 Å². The fourth-order valence-corrected chi connectivity index (χ4v) is 4.86. The number of ether oxygens (including phenoxy) is 1. The normalized spacial score (nSPS) is 22.0. The Kier molecular flexibility index (Phi) is 7.65. The Morgan fingerprint density at radius 2 is 1.91 bits per heavy atom. The van der Waals surface area contributed by atoms with Gasteiger partial charge in [0.05, 0.1) is 24.2 Å². The minimum absolute atomic E-state index is 0.160. The summed E-state index contributed by atoms with van der Waals surface area (Å²) in [7, 11) is 1.58. The third-order valence-electron chi connectivity index (χ3n) is 6.86. The highest BCUT2D eigenvalue weighted by Gasteiger charge is 2.38. The first kappa shape index (κ1) is 25.4. The third kappa shape index (κ3) is 5.95. The van der Waals surface area contributed by atoms with Crippen molar-refractivity contribution in [2.24, 2.45) is 0 Å². The first-order valence-electron chi connectivity index (χ1n) is 11.9. The largest absolute Gasteiger partial charge is 0.416 e. The van der Waals surface area contributed by atoms with E-state index in [-0.39, 0.29) is 23.4 Å². The van der Waals surface area contributed by atoms with E-state index in [4.69, 9.17) is 9.26 Å². The third-order valence-corrected chi connectivity index (χ3v) is 6.86. The number of amides is 2. The van der Waals surface area contributed by atoms with Crippen LogP contribution < -0.4 is 0 Å². The molecule has 0 saturated carbocycles. The van der Waals surface area contributed by atoms with Crippen LogP contribution in [0.2, 0.25) is 0 Å². The van der Waals surface area contributed by atoms with E-state index in [1.165, 1.54) is 19.1 Å². The zero-order chi connectivity index (χ0) is 25.2. The van der Waals surface area contributed by atoms with E-state index < -0.39 is 17.8 Å². The molecule has 2 atom stereocenters. The number of aliphatic hydroxyl groups is 1. The van der Waals surface area contributed by atoms with E-state index >= 15 is 0 Å². The Balaban J connectivity index is 1.61. The molecule has 35 heavy (non-hydrogen) atoms. The standard InChI is InChI=1S/C24H31F3N4O4/c1-15-3-4-16(12-20(15)24(25,26)27)17-11-18(22-28-21(29-35-22)7-10-34-2)14-31(13-17)23(33)30-8-5-19(32)6-9-30/h3-4,12,17-19,32H,5-11,13-14H2,1-2H3. The van der Waals surface area contributed by atoms with Gasteiger partial charge in [-0.15, -0.1) is 0 Å². The molecule has 2 aliphatic rings. The first-order valence-corrected chi connectivity index (χ1v) is 11.9.